The first kappa shape index (κ1) is 20.5. The van der Waals surface area contributed by atoms with E-state index in [-0.39, 0.29) is 15.8 Å². The molecule has 150 valence electrons. The molecule has 1 fully saturated rings. The lowest BCUT2D eigenvalue weighted by atomic mass is 10.3. The number of ether oxygens (including phenoxy) is 2. The fourth-order valence-electron chi connectivity index (χ4n) is 2.69. The van der Waals surface area contributed by atoms with Gasteiger partial charge in [0.25, 0.3) is 0 Å². The van der Waals surface area contributed by atoms with Crippen molar-refractivity contribution in [2.45, 2.75) is 4.90 Å². The van der Waals surface area contributed by atoms with E-state index in [1.165, 1.54) is 35.7 Å². The van der Waals surface area contributed by atoms with Gasteiger partial charge in [0.2, 0.25) is 10.0 Å². The van der Waals surface area contributed by atoms with Crippen LogP contribution in [-0.2, 0) is 14.8 Å². The van der Waals surface area contributed by atoms with Crippen LogP contribution >= 0.6 is 12.2 Å². The third-order valence-corrected chi connectivity index (χ3v) is 6.23. The third kappa shape index (κ3) is 4.76. The Labute approximate surface area is 168 Å². The van der Waals surface area contributed by atoms with Gasteiger partial charge in [-0.2, -0.15) is 4.31 Å². The number of nitrogens with zero attached hydrogens (tertiary/aromatic N) is 1. The highest BCUT2D eigenvalue weighted by molar-refractivity contribution is 7.89. The highest BCUT2D eigenvalue weighted by Crippen LogP contribution is 2.29. The summed E-state index contributed by atoms with van der Waals surface area (Å²) in [6.45, 7) is 1.38. The molecule has 0 unspecified atom stereocenters. The van der Waals surface area contributed by atoms with E-state index >= 15 is 0 Å². The van der Waals surface area contributed by atoms with Crippen molar-refractivity contribution < 1.29 is 22.3 Å². The van der Waals surface area contributed by atoms with E-state index in [0.29, 0.717) is 43.4 Å². The third-order valence-electron chi connectivity index (χ3n) is 4.13. The number of thiocarbonyl (C=S) groups is 1. The Balaban J connectivity index is 1.75. The normalized spacial score (nSPS) is 15.1. The monoisotopic (exact) mass is 425 g/mol. The van der Waals surface area contributed by atoms with Crippen LogP contribution in [0.2, 0.25) is 0 Å². The van der Waals surface area contributed by atoms with Crippen LogP contribution in [0.4, 0.5) is 15.8 Å². The maximum atomic E-state index is 13.0. The van der Waals surface area contributed by atoms with Crippen LogP contribution in [0.1, 0.15) is 0 Å². The summed E-state index contributed by atoms with van der Waals surface area (Å²) in [5, 5.41) is 6.14. The van der Waals surface area contributed by atoms with Crippen LogP contribution in [0.5, 0.6) is 5.75 Å². The molecule has 3 rings (SSSR count). The standard InChI is InChI=1S/C18H20FN3O4S2/c1-25-17-12-15(28(23,24)22-8-10-26-11-9-22)6-7-16(17)21-18(27)20-14-4-2-13(19)3-5-14/h2-7,12H,8-11H2,1H3,(H2,20,21,27). The zero-order chi connectivity index (χ0) is 20.1. The lowest BCUT2D eigenvalue weighted by Crippen LogP contribution is -2.40. The number of anilines is 2. The van der Waals surface area contributed by atoms with E-state index in [1.54, 1.807) is 18.2 Å². The molecular weight excluding hydrogens is 405 g/mol. The van der Waals surface area contributed by atoms with Crippen LogP contribution in [-0.4, -0.2) is 51.2 Å². The van der Waals surface area contributed by atoms with Crippen molar-refractivity contribution >= 4 is 38.7 Å². The van der Waals surface area contributed by atoms with E-state index in [9.17, 15) is 12.8 Å². The number of nitrogens with one attached hydrogen (secondary N) is 2. The van der Waals surface area contributed by atoms with Gasteiger partial charge in [-0.3, -0.25) is 0 Å². The molecule has 1 aliphatic heterocycles. The Morgan fingerprint density at radius 3 is 2.46 bits per heavy atom. The average molecular weight is 426 g/mol. The van der Waals surface area contributed by atoms with Gasteiger partial charge < -0.3 is 20.1 Å². The molecule has 7 nitrogen and oxygen atoms in total. The largest absolute Gasteiger partial charge is 0.495 e. The van der Waals surface area contributed by atoms with Gasteiger partial charge in [-0.25, -0.2) is 12.8 Å². The predicted molar refractivity (Wildman–Crippen MR) is 109 cm³/mol. The van der Waals surface area contributed by atoms with Crippen LogP contribution in [0.15, 0.2) is 47.4 Å². The molecule has 2 N–H and O–H groups in total. The lowest BCUT2D eigenvalue weighted by molar-refractivity contribution is 0.0730. The topological polar surface area (TPSA) is 79.9 Å². The van der Waals surface area contributed by atoms with Gasteiger partial charge in [0.1, 0.15) is 11.6 Å². The minimum atomic E-state index is -3.63. The van der Waals surface area contributed by atoms with Crippen molar-refractivity contribution in [2.75, 3.05) is 44.0 Å². The molecule has 0 aliphatic carbocycles. The second-order valence-corrected chi connectivity index (χ2v) is 8.31. The molecule has 10 heteroatoms. The van der Waals surface area contributed by atoms with Gasteiger partial charge in [0.15, 0.2) is 5.11 Å². The van der Waals surface area contributed by atoms with Crippen molar-refractivity contribution in [3.05, 3.63) is 48.3 Å². The van der Waals surface area contributed by atoms with Gasteiger partial charge in [-0.05, 0) is 48.6 Å². The Morgan fingerprint density at radius 1 is 1.14 bits per heavy atom. The summed E-state index contributed by atoms with van der Waals surface area (Å²) in [6, 6.07) is 10.3. The molecule has 2 aromatic rings. The summed E-state index contributed by atoms with van der Waals surface area (Å²) in [5.74, 6) is -0.0132. The summed E-state index contributed by atoms with van der Waals surface area (Å²) in [4.78, 5) is 0.134. The smallest absolute Gasteiger partial charge is 0.243 e. The lowest BCUT2D eigenvalue weighted by Gasteiger charge is -2.26. The molecule has 1 aliphatic rings. The van der Waals surface area contributed by atoms with Gasteiger partial charge >= 0.3 is 0 Å². The van der Waals surface area contributed by atoms with Gasteiger partial charge in [-0.15, -0.1) is 0 Å². The van der Waals surface area contributed by atoms with Crippen LogP contribution < -0.4 is 15.4 Å². The molecule has 2 aromatic carbocycles. The zero-order valence-electron chi connectivity index (χ0n) is 15.1. The van der Waals surface area contributed by atoms with Crippen molar-refractivity contribution in [3.8, 4) is 5.75 Å². The Kier molecular flexibility index (Phi) is 6.45. The predicted octanol–water partition coefficient (Wildman–Crippen LogP) is 2.66. The first-order valence-electron chi connectivity index (χ1n) is 8.49. The van der Waals surface area contributed by atoms with E-state index < -0.39 is 10.0 Å². The summed E-state index contributed by atoms with van der Waals surface area (Å²) in [6.07, 6.45) is 0. The molecule has 1 saturated heterocycles. The van der Waals surface area contributed by atoms with Gasteiger partial charge in [-0.1, -0.05) is 0 Å². The SMILES string of the molecule is COc1cc(S(=O)(=O)N2CCOCC2)ccc1NC(=S)Nc1ccc(F)cc1. The average Bonchev–Trinajstić information content (AvgIpc) is 2.70. The summed E-state index contributed by atoms with van der Waals surface area (Å²) in [7, 11) is -2.18. The molecule has 0 aromatic heterocycles. The second-order valence-electron chi connectivity index (χ2n) is 5.96. The Morgan fingerprint density at radius 2 is 1.82 bits per heavy atom. The maximum Gasteiger partial charge on any atom is 0.243 e. The van der Waals surface area contributed by atoms with Crippen LogP contribution in [0, 0.1) is 5.82 Å². The first-order chi connectivity index (χ1) is 13.4. The Hall–Kier alpha value is -2.27. The number of morpholine rings is 1. The second kappa shape index (κ2) is 8.82. The summed E-state index contributed by atoms with van der Waals surface area (Å²) >= 11 is 5.26. The number of sulfonamides is 1. The van der Waals surface area contributed by atoms with Gasteiger partial charge in [0.05, 0.1) is 30.9 Å². The first-order valence-corrected chi connectivity index (χ1v) is 10.3. The number of rotatable bonds is 5. The quantitative estimate of drug-likeness (QED) is 0.713. The fraction of sp³-hybridized carbons (Fsp3) is 0.278. The molecule has 1 heterocycles. The number of hydrogen-bond acceptors (Lipinski definition) is 5. The zero-order valence-corrected chi connectivity index (χ0v) is 16.8. The molecule has 0 bridgehead atoms. The Bertz CT molecular complexity index is 946. The highest BCUT2D eigenvalue weighted by Gasteiger charge is 2.27. The molecule has 0 amide bonds. The minimum Gasteiger partial charge on any atom is -0.495 e. The molecule has 0 spiro atoms. The molecular formula is C18H20FN3O4S2. The molecule has 0 atom stereocenters. The van der Waals surface area contributed by atoms with E-state index in [0.717, 1.165) is 0 Å². The van der Waals surface area contributed by atoms with Crippen molar-refractivity contribution in [2.24, 2.45) is 0 Å². The molecule has 28 heavy (non-hydrogen) atoms. The number of halogens is 1. The van der Waals surface area contributed by atoms with E-state index in [1.807, 2.05) is 0 Å². The maximum absolute atomic E-state index is 13.0. The van der Waals surface area contributed by atoms with Crippen molar-refractivity contribution in [1.29, 1.82) is 0 Å². The minimum absolute atomic E-state index is 0.134. The number of methoxy groups -OCH3 is 1. The molecule has 0 radical (unpaired) electrons. The van der Waals surface area contributed by atoms with E-state index in [4.69, 9.17) is 21.7 Å². The number of benzene rings is 2. The van der Waals surface area contributed by atoms with Crippen molar-refractivity contribution in [1.82, 2.24) is 4.31 Å². The van der Waals surface area contributed by atoms with Gasteiger partial charge in [0, 0.05) is 24.8 Å². The number of hydrogen-bond donors (Lipinski definition) is 2. The van der Waals surface area contributed by atoms with Crippen LogP contribution in [0.25, 0.3) is 0 Å². The fourth-order valence-corrected chi connectivity index (χ4v) is 4.34. The van der Waals surface area contributed by atoms with E-state index in [2.05, 4.69) is 10.6 Å². The highest BCUT2D eigenvalue weighted by atomic mass is 32.2. The van der Waals surface area contributed by atoms with Crippen LogP contribution in [0.3, 0.4) is 0 Å². The summed E-state index contributed by atoms with van der Waals surface area (Å²) in [5.41, 5.74) is 1.12. The van der Waals surface area contributed by atoms with Crippen molar-refractivity contribution in [3.63, 3.8) is 0 Å². The summed E-state index contributed by atoms with van der Waals surface area (Å²) < 4.78 is 50.5. The molecule has 0 saturated carbocycles.